The lowest BCUT2D eigenvalue weighted by Crippen LogP contribution is -2.19. The molecule has 2 rings (SSSR count). The van der Waals surface area contributed by atoms with Gasteiger partial charge in [-0.15, -0.1) is 0 Å². The molecule has 0 aliphatic carbocycles. The van der Waals surface area contributed by atoms with Gasteiger partial charge in [-0.1, -0.05) is 30.3 Å². The summed E-state index contributed by atoms with van der Waals surface area (Å²) in [5, 5.41) is 5.88. The Morgan fingerprint density at radius 1 is 0.950 bits per heavy atom. The van der Waals surface area contributed by atoms with Crippen LogP contribution in [-0.4, -0.2) is 12.6 Å². The molecular formula is C16H19N3O. The van der Waals surface area contributed by atoms with Crippen molar-refractivity contribution in [1.29, 1.82) is 0 Å². The summed E-state index contributed by atoms with van der Waals surface area (Å²) in [5.41, 5.74) is 8.14. The molecule has 4 nitrogen and oxygen atoms in total. The van der Waals surface area contributed by atoms with E-state index in [1.807, 2.05) is 30.3 Å². The van der Waals surface area contributed by atoms with Gasteiger partial charge in [-0.25, -0.2) is 4.79 Å². The van der Waals surface area contributed by atoms with E-state index in [9.17, 15) is 4.79 Å². The van der Waals surface area contributed by atoms with Crippen LogP contribution in [0.15, 0.2) is 54.6 Å². The highest BCUT2D eigenvalue weighted by Gasteiger charge is 1.97. The van der Waals surface area contributed by atoms with Crippen LogP contribution in [0, 0.1) is 0 Å². The van der Waals surface area contributed by atoms with Crippen LogP contribution < -0.4 is 16.4 Å². The molecule has 0 spiro atoms. The van der Waals surface area contributed by atoms with Crippen molar-refractivity contribution in [2.24, 2.45) is 5.73 Å². The maximum absolute atomic E-state index is 10.7. The average molecular weight is 269 g/mol. The number of nitrogens with two attached hydrogens (primary N) is 1. The highest BCUT2D eigenvalue weighted by molar-refractivity contribution is 5.87. The molecule has 2 amide bonds. The van der Waals surface area contributed by atoms with E-state index in [1.165, 1.54) is 5.56 Å². The SMILES string of the molecule is NC(=O)Nc1ccc(NCCCc2ccccc2)cc1. The molecule has 0 aliphatic heterocycles. The van der Waals surface area contributed by atoms with Crippen molar-refractivity contribution in [3.63, 3.8) is 0 Å². The zero-order valence-corrected chi connectivity index (χ0v) is 11.3. The van der Waals surface area contributed by atoms with Crippen molar-refractivity contribution in [3.8, 4) is 0 Å². The minimum absolute atomic E-state index is 0.548. The Labute approximate surface area is 119 Å². The number of hydrogen-bond donors (Lipinski definition) is 3. The molecule has 2 aromatic carbocycles. The number of hydrogen-bond acceptors (Lipinski definition) is 2. The Morgan fingerprint density at radius 3 is 2.25 bits per heavy atom. The topological polar surface area (TPSA) is 67.2 Å². The van der Waals surface area contributed by atoms with E-state index in [0.717, 1.165) is 25.1 Å². The lowest BCUT2D eigenvalue weighted by atomic mass is 10.1. The minimum Gasteiger partial charge on any atom is -0.385 e. The fraction of sp³-hybridized carbons (Fsp3) is 0.188. The lowest BCUT2D eigenvalue weighted by molar-refractivity contribution is 0.259. The minimum atomic E-state index is -0.548. The van der Waals surface area contributed by atoms with E-state index < -0.39 is 6.03 Å². The molecule has 0 aromatic heterocycles. The molecule has 4 N–H and O–H groups in total. The van der Waals surface area contributed by atoms with E-state index in [0.29, 0.717) is 5.69 Å². The second kappa shape index (κ2) is 7.19. The maximum Gasteiger partial charge on any atom is 0.316 e. The van der Waals surface area contributed by atoms with Crippen LogP contribution in [0.1, 0.15) is 12.0 Å². The molecule has 0 bridgehead atoms. The standard InChI is InChI=1S/C16H19N3O/c17-16(20)19-15-10-8-14(9-11-15)18-12-4-7-13-5-2-1-3-6-13/h1-3,5-6,8-11,18H,4,7,12H2,(H3,17,19,20). The fourth-order valence-corrected chi connectivity index (χ4v) is 1.98. The third kappa shape index (κ3) is 4.65. The monoisotopic (exact) mass is 269 g/mol. The van der Waals surface area contributed by atoms with Gasteiger partial charge >= 0.3 is 6.03 Å². The number of urea groups is 1. The molecule has 20 heavy (non-hydrogen) atoms. The van der Waals surface area contributed by atoms with Crippen molar-refractivity contribution in [2.75, 3.05) is 17.2 Å². The molecule has 0 heterocycles. The van der Waals surface area contributed by atoms with Gasteiger partial charge in [-0.3, -0.25) is 0 Å². The van der Waals surface area contributed by atoms with E-state index >= 15 is 0 Å². The molecule has 0 radical (unpaired) electrons. The van der Waals surface area contributed by atoms with Gasteiger partial charge in [0.1, 0.15) is 0 Å². The van der Waals surface area contributed by atoms with Gasteiger partial charge in [0.25, 0.3) is 0 Å². The van der Waals surface area contributed by atoms with Crippen molar-refractivity contribution in [3.05, 3.63) is 60.2 Å². The van der Waals surface area contributed by atoms with Crippen LogP contribution in [0.25, 0.3) is 0 Å². The lowest BCUT2D eigenvalue weighted by Gasteiger charge is -2.08. The normalized spacial score (nSPS) is 10.0. The molecule has 0 saturated heterocycles. The van der Waals surface area contributed by atoms with Gasteiger partial charge in [0.2, 0.25) is 0 Å². The number of aryl methyl sites for hydroxylation is 1. The number of anilines is 2. The molecule has 0 unspecified atom stereocenters. The summed E-state index contributed by atoms with van der Waals surface area (Å²) in [7, 11) is 0. The molecule has 0 saturated carbocycles. The van der Waals surface area contributed by atoms with Crippen LogP contribution in [-0.2, 0) is 6.42 Å². The van der Waals surface area contributed by atoms with Crippen molar-refractivity contribution in [1.82, 2.24) is 0 Å². The number of nitrogens with one attached hydrogen (secondary N) is 2. The predicted octanol–water partition coefficient (Wildman–Crippen LogP) is 3.22. The molecule has 0 aliphatic rings. The number of primary amides is 1. The smallest absolute Gasteiger partial charge is 0.316 e. The van der Waals surface area contributed by atoms with E-state index in [4.69, 9.17) is 5.73 Å². The molecule has 104 valence electrons. The second-order valence-corrected chi connectivity index (χ2v) is 4.58. The summed E-state index contributed by atoms with van der Waals surface area (Å²) in [6.45, 7) is 0.914. The fourth-order valence-electron chi connectivity index (χ4n) is 1.98. The summed E-state index contributed by atoms with van der Waals surface area (Å²) < 4.78 is 0. The first-order valence-corrected chi connectivity index (χ1v) is 6.68. The van der Waals surface area contributed by atoms with Crippen molar-refractivity contribution < 1.29 is 4.79 Å². The summed E-state index contributed by atoms with van der Waals surface area (Å²) in [6.07, 6.45) is 2.14. The Morgan fingerprint density at radius 2 is 1.60 bits per heavy atom. The van der Waals surface area contributed by atoms with Gasteiger partial charge in [0, 0.05) is 17.9 Å². The second-order valence-electron chi connectivity index (χ2n) is 4.58. The Kier molecular flexibility index (Phi) is 5.00. The molecule has 0 atom stereocenters. The highest BCUT2D eigenvalue weighted by Crippen LogP contribution is 2.13. The van der Waals surface area contributed by atoms with Crippen LogP contribution in [0.5, 0.6) is 0 Å². The predicted molar refractivity (Wildman–Crippen MR) is 82.9 cm³/mol. The van der Waals surface area contributed by atoms with Gasteiger partial charge < -0.3 is 16.4 Å². The molecular weight excluding hydrogens is 250 g/mol. The highest BCUT2D eigenvalue weighted by atomic mass is 16.2. The zero-order valence-electron chi connectivity index (χ0n) is 11.3. The maximum atomic E-state index is 10.7. The first kappa shape index (κ1) is 13.9. The van der Waals surface area contributed by atoms with Crippen LogP contribution in [0.2, 0.25) is 0 Å². The number of carbonyl (C=O) groups excluding carboxylic acids is 1. The first-order chi connectivity index (χ1) is 9.74. The van der Waals surface area contributed by atoms with Crippen molar-refractivity contribution >= 4 is 17.4 Å². The Hall–Kier alpha value is -2.49. The summed E-state index contributed by atoms with van der Waals surface area (Å²) in [4.78, 5) is 10.7. The third-order valence-electron chi connectivity index (χ3n) is 2.97. The number of benzene rings is 2. The summed E-state index contributed by atoms with van der Waals surface area (Å²) in [5.74, 6) is 0. The van der Waals surface area contributed by atoms with Gasteiger partial charge in [-0.2, -0.15) is 0 Å². The molecule has 0 fully saturated rings. The quantitative estimate of drug-likeness (QED) is 0.705. The van der Waals surface area contributed by atoms with Gasteiger partial charge in [0.15, 0.2) is 0 Å². The first-order valence-electron chi connectivity index (χ1n) is 6.68. The number of amides is 2. The average Bonchev–Trinajstić information content (AvgIpc) is 2.46. The molecule has 4 heteroatoms. The van der Waals surface area contributed by atoms with E-state index in [2.05, 4.69) is 34.9 Å². The number of rotatable bonds is 6. The van der Waals surface area contributed by atoms with Crippen molar-refractivity contribution in [2.45, 2.75) is 12.8 Å². The van der Waals surface area contributed by atoms with Gasteiger partial charge in [0.05, 0.1) is 0 Å². The Balaban J connectivity index is 1.73. The molecule has 2 aromatic rings. The third-order valence-corrected chi connectivity index (χ3v) is 2.97. The summed E-state index contributed by atoms with van der Waals surface area (Å²) >= 11 is 0. The van der Waals surface area contributed by atoms with E-state index in [1.54, 1.807) is 0 Å². The Bertz CT molecular complexity index is 537. The van der Waals surface area contributed by atoms with Crippen LogP contribution >= 0.6 is 0 Å². The number of carbonyl (C=O) groups is 1. The van der Waals surface area contributed by atoms with Gasteiger partial charge in [-0.05, 0) is 42.7 Å². The van der Waals surface area contributed by atoms with Crippen LogP contribution in [0.3, 0.4) is 0 Å². The van der Waals surface area contributed by atoms with E-state index in [-0.39, 0.29) is 0 Å². The largest absolute Gasteiger partial charge is 0.385 e. The zero-order chi connectivity index (χ0) is 14.2. The summed E-state index contributed by atoms with van der Waals surface area (Å²) in [6, 6.07) is 17.4. The van der Waals surface area contributed by atoms with Crippen LogP contribution in [0.4, 0.5) is 16.2 Å².